The first-order chi connectivity index (χ1) is 13.2. The molecule has 1 aliphatic rings. The summed E-state index contributed by atoms with van der Waals surface area (Å²) in [6.45, 7) is 3.24. The van der Waals surface area contributed by atoms with E-state index in [1.165, 1.54) is 7.11 Å². The third-order valence-electron chi connectivity index (χ3n) is 4.65. The first kappa shape index (κ1) is 18.9. The van der Waals surface area contributed by atoms with Crippen molar-refractivity contribution in [2.75, 3.05) is 38.6 Å². The molecule has 2 amide bonds. The molecule has 0 unspecified atom stereocenters. The molecule has 2 aromatic carbocycles. The van der Waals surface area contributed by atoms with E-state index < -0.39 is 0 Å². The van der Waals surface area contributed by atoms with Gasteiger partial charge in [-0.2, -0.15) is 0 Å². The van der Waals surface area contributed by atoms with Crippen LogP contribution in [0.25, 0.3) is 0 Å². The average molecular weight is 367 g/mol. The lowest BCUT2D eigenvalue weighted by atomic mass is 10.1. The fraction of sp³-hybridized carbons (Fsp3) is 0.333. The molecule has 0 radical (unpaired) electrons. The number of methoxy groups -OCH3 is 1. The molecule has 1 aliphatic heterocycles. The van der Waals surface area contributed by atoms with Crippen molar-refractivity contribution < 1.29 is 14.3 Å². The average Bonchev–Trinajstić information content (AvgIpc) is 2.99. The number of hydrogen-bond donors (Lipinski definition) is 2. The van der Waals surface area contributed by atoms with Crippen LogP contribution in [0.1, 0.15) is 22.3 Å². The van der Waals surface area contributed by atoms with E-state index in [0.717, 1.165) is 31.6 Å². The van der Waals surface area contributed by atoms with Gasteiger partial charge in [-0.25, -0.2) is 0 Å². The van der Waals surface area contributed by atoms with Crippen molar-refractivity contribution in [3.63, 3.8) is 0 Å². The van der Waals surface area contributed by atoms with Gasteiger partial charge in [-0.05, 0) is 36.7 Å². The van der Waals surface area contributed by atoms with Gasteiger partial charge in [0, 0.05) is 25.3 Å². The molecular weight excluding hydrogens is 342 g/mol. The van der Waals surface area contributed by atoms with Crippen LogP contribution in [-0.4, -0.2) is 50.0 Å². The number of nitrogens with one attached hydrogen (secondary N) is 2. The van der Waals surface area contributed by atoms with Crippen molar-refractivity contribution >= 4 is 17.5 Å². The van der Waals surface area contributed by atoms with Gasteiger partial charge in [0.25, 0.3) is 5.91 Å². The van der Waals surface area contributed by atoms with Crippen molar-refractivity contribution in [3.8, 4) is 5.75 Å². The van der Waals surface area contributed by atoms with Crippen molar-refractivity contribution in [2.24, 2.45) is 0 Å². The molecule has 1 saturated heterocycles. The van der Waals surface area contributed by atoms with Crippen molar-refractivity contribution in [3.05, 3.63) is 59.7 Å². The van der Waals surface area contributed by atoms with Crippen LogP contribution < -0.4 is 15.4 Å². The Morgan fingerprint density at radius 2 is 1.85 bits per heavy atom. The van der Waals surface area contributed by atoms with Crippen molar-refractivity contribution in [2.45, 2.75) is 12.8 Å². The van der Waals surface area contributed by atoms with E-state index in [2.05, 4.69) is 10.6 Å². The minimum atomic E-state index is -0.258. The van der Waals surface area contributed by atoms with E-state index >= 15 is 0 Å². The van der Waals surface area contributed by atoms with Gasteiger partial charge in [-0.3, -0.25) is 9.59 Å². The van der Waals surface area contributed by atoms with Crippen LogP contribution in [0.3, 0.4) is 0 Å². The summed E-state index contributed by atoms with van der Waals surface area (Å²) in [6.07, 6.45) is 1.22. The summed E-state index contributed by atoms with van der Waals surface area (Å²) in [5.41, 5.74) is 1.91. The summed E-state index contributed by atoms with van der Waals surface area (Å²) in [6, 6.07) is 14.5. The first-order valence-electron chi connectivity index (χ1n) is 9.20. The van der Waals surface area contributed by atoms with Gasteiger partial charge in [0.1, 0.15) is 5.75 Å². The number of carbonyl (C=O) groups excluding carboxylic acids is 2. The Morgan fingerprint density at radius 3 is 2.70 bits per heavy atom. The highest BCUT2D eigenvalue weighted by Crippen LogP contribution is 2.22. The third-order valence-corrected chi connectivity index (χ3v) is 4.65. The Hall–Kier alpha value is -2.86. The maximum absolute atomic E-state index is 12.7. The zero-order chi connectivity index (χ0) is 19.1. The van der Waals surface area contributed by atoms with Crippen LogP contribution in [-0.2, 0) is 11.2 Å². The summed E-state index contributed by atoms with van der Waals surface area (Å²) < 4.78 is 5.26. The minimum absolute atomic E-state index is 0.0812. The molecule has 0 aliphatic carbocycles. The summed E-state index contributed by atoms with van der Waals surface area (Å²) >= 11 is 0. The second-order valence-corrected chi connectivity index (χ2v) is 6.47. The Bertz CT molecular complexity index is 799. The number of anilines is 1. The van der Waals surface area contributed by atoms with Crippen LogP contribution in [0, 0.1) is 0 Å². The van der Waals surface area contributed by atoms with E-state index in [4.69, 9.17) is 4.74 Å². The van der Waals surface area contributed by atoms with Gasteiger partial charge in [0.15, 0.2) is 0 Å². The number of ether oxygens (including phenoxy) is 1. The van der Waals surface area contributed by atoms with Crippen molar-refractivity contribution in [1.82, 2.24) is 10.2 Å². The van der Waals surface area contributed by atoms with Crippen LogP contribution >= 0.6 is 0 Å². The maximum atomic E-state index is 12.7. The Kier molecular flexibility index (Phi) is 6.44. The molecule has 0 atom stereocenters. The second kappa shape index (κ2) is 9.19. The fourth-order valence-electron chi connectivity index (χ4n) is 3.19. The van der Waals surface area contributed by atoms with Gasteiger partial charge >= 0.3 is 0 Å². The SMILES string of the molecule is COc1ccccc1C(=O)Nc1ccccc1CC(=O)N1CCCNCC1. The predicted molar refractivity (Wildman–Crippen MR) is 105 cm³/mol. The topological polar surface area (TPSA) is 70.7 Å². The van der Waals surface area contributed by atoms with E-state index in [9.17, 15) is 9.59 Å². The number of benzene rings is 2. The summed E-state index contributed by atoms with van der Waals surface area (Å²) in [4.78, 5) is 27.3. The quantitative estimate of drug-likeness (QED) is 0.851. The molecule has 0 spiro atoms. The second-order valence-electron chi connectivity index (χ2n) is 6.47. The smallest absolute Gasteiger partial charge is 0.259 e. The van der Waals surface area contributed by atoms with Gasteiger partial charge < -0.3 is 20.3 Å². The molecule has 6 nitrogen and oxygen atoms in total. The Balaban J connectivity index is 1.73. The van der Waals surface area contributed by atoms with Crippen LogP contribution in [0.5, 0.6) is 5.75 Å². The molecule has 1 fully saturated rings. The van der Waals surface area contributed by atoms with Gasteiger partial charge in [0.2, 0.25) is 5.91 Å². The monoisotopic (exact) mass is 367 g/mol. The Labute approximate surface area is 159 Å². The largest absolute Gasteiger partial charge is 0.496 e. The molecule has 3 rings (SSSR count). The summed E-state index contributed by atoms with van der Waals surface area (Å²) in [5.74, 6) is 0.338. The lowest BCUT2D eigenvalue weighted by molar-refractivity contribution is -0.130. The molecule has 27 heavy (non-hydrogen) atoms. The predicted octanol–water partition coefficient (Wildman–Crippen LogP) is 2.31. The molecule has 142 valence electrons. The number of carbonyl (C=O) groups is 2. The third kappa shape index (κ3) is 4.86. The number of amides is 2. The molecule has 6 heteroatoms. The van der Waals surface area contributed by atoms with E-state index in [-0.39, 0.29) is 18.2 Å². The highest BCUT2D eigenvalue weighted by molar-refractivity contribution is 6.06. The zero-order valence-corrected chi connectivity index (χ0v) is 15.5. The van der Waals surface area contributed by atoms with Crippen LogP contribution in [0.15, 0.2) is 48.5 Å². The number of rotatable bonds is 5. The molecule has 0 bridgehead atoms. The number of para-hydroxylation sites is 2. The van der Waals surface area contributed by atoms with Crippen molar-refractivity contribution in [1.29, 1.82) is 0 Å². The molecule has 1 heterocycles. The fourth-order valence-corrected chi connectivity index (χ4v) is 3.19. The lowest BCUT2D eigenvalue weighted by Gasteiger charge is -2.21. The number of hydrogen-bond acceptors (Lipinski definition) is 4. The normalized spacial score (nSPS) is 14.3. The summed E-state index contributed by atoms with van der Waals surface area (Å²) in [7, 11) is 1.54. The zero-order valence-electron chi connectivity index (χ0n) is 15.5. The maximum Gasteiger partial charge on any atom is 0.259 e. The van der Waals surface area contributed by atoms with E-state index in [1.807, 2.05) is 35.2 Å². The summed E-state index contributed by atoms with van der Waals surface area (Å²) in [5, 5.41) is 6.22. The lowest BCUT2D eigenvalue weighted by Crippen LogP contribution is -2.35. The minimum Gasteiger partial charge on any atom is -0.496 e. The highest BCUT2D eigenvalue weighted by atomic mass is 16.5. The van der Waals surface area contributed by atoms with Gasteiger partial charge in [0.05, 0.1) is 19.1 Å². The standard InChI is InChI=1S/C21H25N3O3/c1-27-19-10-5-3-8-17(19)21(26)23-18-9-4-2-7-16(18)15-20(25)24-13-6-11-22-12-14-24/h2-5,7-10,22H,6,11-15H2,1H3,(H,23,26). The molecule has 0 aromatic heterocycles. The van der Waals surface area contributed by atoms with Gasteiger partial charge in [-0.15, -0.1) is 0 Å². The first-order valence-corrected chi connectivity index (χ1v) is 9.20. The highest BCUT2D eigenvalue weighted by Gasteiger charge is 2.18. The molecular formula is C21H25N3O3. The van der Waals surface area contributed by atoms with E-state index in [0.29, 0.717) is 23.5 Å². The molecule has 2 N–H and O–H groups in total. The Morgan fingerprint density at radius 1 is 1.07 bits per heavy atom. The van der Waals surface area contributed by atoms with Crippen LogP contribution in [0.2, 0.25) is 0 Å². The molecule has 0 saturated carbocycles. The number of nitrogens with zero attached hydrogens (tertiary/aromatic N) is 1. The van der Waals surface area contributed by atoms with Gasteiger partial charge in [-0.1, -0.05) is 30.3 Å². The van der Waals surface area contributed by atoms with E-state index in [1.54, 1.807) is 18.2 Å². The molecule has 2 aromatic rings. The van der Waals surface area contributed by atoms with Crippen LogP contribution in [0.4, 0.5) is 5.69 Å².